The molecule has 68 valence electrons. The molecular weight excluding hydrogens is 154 g/mol. The molecule has 0 amide bonds. The van der Waals surface area contributed by atoms with Gasteiger partial charge in [0.25, 0.3) is 0 Å². The molecule has 0 aromatic heterocycles. The van der Waals surface area contributed by atoms with Crippen molar-refractivity contribution < 1.29 is 9.90 Å². The standard InChI is InChI=1S/C9H15NO2/c1-8(9(11)12)4-2-3-5-10-6-7-10/h4H,2-3,5-7H2,1H3,(H,11,12). The molecular formula is C9H15NO2. The van der Waals surface area contributed by atoms with Crippen molar-refractivity contribution in [2.45, 2.75) is 19.8 Å². The van der Waals surface area contributed by atoms with Crippen molar-refractivity contribution in [3.63, 3.8) is 0 Å². The van der Waals surface area contributed by atoms with Gasteiger partial charge < -0.3 is 10.0 Å². The van der Waals surface area contributed by atoms with Crippen molar-refractivity contribution in [2.75, 3.05) is 19.6 Å². The smallest absolute Gasteiger partial charge is 0.330 e. The van der Waals surface area contributed by atoms with Crippen molar-refractivity contribution in [3.8, 4) is 0 Å². The Bertz CT molecular complexity index is 195. The van der Waals surface area contributed by atoms with Gasteiger partial charge in [0.2, 0.25) is 0 Å². The van der Waals surface area contributed by atoms with Gasteiger partial charge in [0, 0.05) is 18.7 Å². The third kappa shape index (κ3) is 3.53. The van der Waals surface area contributed by atoms with E-state index in [0.29, 0.717) is 5.57 Å². The summed E-state index contributed by atoms with van der Waals surface area (Å²) in [4.78, 5) is 12.7. The fraction of sp³-hybridized carbons (Fsp3) is 0.667. The lowest BCUT2D eigenvalue weighted by molar-refractivity contribution is -0.132. The van der Waals surface area contributed by atoms with Crippen LogP contribution in [0.15, 0.2) is 11.6 Å². The van der Waals surface area contributed by atoms with Crippen LogP contribution in [-0.2, 0) is 4.79 Å². The first-order valence-electron chi connectivity index (χ1n) is 4.32. The van der Waals surface area contributed by atoms with E-state index in [1.807, 2.05) is 0 Å². The Kier molecular flexibility index (Phi) is 3.29. The third-order valence-electron chi connectivity index (χ3n) is 2.01. The monoisotopic (exact) mass is 169 g/mol. The molecule has 1 N–H and O–H groups in total. The van der Waals surface area contributed by atoms with Crippen molar-refractivity contribution in [3.05, 3.63) is 11.6 Å². The fourth-order valence-corrected chi connectivity index (χ4v) is 1.02. The molecule has 1 fully saturated rings. The minimum Gasteiger partial charge on any atom is -0.478 e. The molecule has 3 nitrogen and oxygen atoms in total. The van der Waals surface area contributed by atoms with Crippen molar-refractivity contribution in [1.82, 2.24) is 4.90 Å². The highest BCUT2D eigenvalue weighted by Crippen LogP contribution is 2.06. The lowest BCUT2D eigenvalue weighted by atomic mass is 10.2. The van der Waals surface area contributed by atoms with Gasteiger partial charge in [0.1, 0.15) is 0 Å². The summed E-state index contributed by atoms with van der Waals surface area (Å²) in [5.74, 6) is -0.804. The van der Waals surface area contributed by atoms with Crippen LogP contribution in [0.1, 0.15) is 19.8 Å². The van der Waals surface area contributed by atoms with Gasteiger partial charge in [0.15, 0.2) is 0 Å². The Morgan fingerprint density at radius 3 is 2.75 bits per heavy atom. The average molecular weight is 169 g/mol. The molecule has 0 radical (unpaired) electrons. The number of unbranched alkanes of at least 4 members (excludes halogenated alkanes) is 1. The molecule has 0 aliphatic carbocycles. The lowest BCUT2D eigenvalue weighted by Gasteiger charge is -1.97. The molecule has 1 heterocycles. The van der Waals surface area contributed by atoms with Crippen LogP contribution in [0.4, 0.5) is 0 Å². The zero-order chi connectivity index (χ0) is 8.97. The Labute approximate surface area is 72.7 Å². The highest BCUT2D eigenvalue weighted by atomic mass is 16.4. The third-order valence-corrected chi connectivity index (χ3v) is 2.01. The molecule has 12 heavy (non-hydrogen) atoms. The van der Waals surface area contributed by atoms with E-state index < -0.39 is 5.97 Å². The van der Waals surface area contributed by atoms with Crippen LogP contribution in [0.25, 0.3) is 0 Å². The number of carboxylic acid groups (broad SMARTS) is 1. The van der Waals surface area contributed by atoms with Crippen LogP contribution in [0.3, 0.4) is 0 Å². The SMILES string of the molecule is CC(=CCCCN1CC1)C(=O)O. The van der Waals surface area contributed by atoms with E-state index in [-0.39, 0.29) is 0 Å². The highest BCUT2D eigenvalue weighted by Gasteiger charge is 2.14. The van der Waals surface area contributed by atoms with Gasteiger partial charge in [-0.05, 0) is 26.3 Å². The summed E-state index contributed by atoms with van der Waals surface area (Å²) in [7, 11) is 0. The molecule has 0 atom stereocenters. The van der Waals surface area contributed by atoms with E-state index in [4.69, 9.17) is 5.11 Å². The summed E-state index contributed by atoms with van der Waals surface area (Å²) in [6.07, 6.45) is 3.76. The highest BCUT2D eigenvalue weighted by molar-refractivity contribution is 5.85. The first-order chi connectivity index (χ1) is 5.70. The summed E-state index contributed by atoms with van der Waals surface area (Å²) < 4.78 is 0. The molecule has 0 unspecified atom stereocenters. The van der Waals surface area contributed by atoms with Crippen LogP contribution in [-0.4, -0.2) is 35.6 Å². The van der Waals surface area contributed by atoms with Crippen LogP contribution >= 0.6 is 0 Å². The number of rotatable bonds is 5. The van der Waals surface area contributed by atoms with Gasteiger partial charge in [-0.15, -0.1) is 0 Å². The Balaban J connectivity index is 2.05. The van der Waals surface area contributed by atoms with E-state index in [1.165, 1.54) is 13.1 Å². The molecule has 0 bridgehead atoms. The molecule has 1 saturated heterocycles. The van der Waals surface area contributed by atoms with Gasteiger partial charge in [-0.25, -0.2) is 4.79 Å². The summed E-state index contributed by atoms with van der Waals surface area (Å²) in [6, 6.07) is 0. The van der Waals surface area contributed by atoms with Crippen molar-refractivity contribution >= 4 is 5.97 Å². The molecule has 1 rings (SSSR count). The van der Waals surface area contributed by atoms with Gasteiger partial charge in [-0.1, -0.05) is 6.08 Å². The summed E-state index contributed by atoms with van der Waals surface area (Å²) in [5, 5.41) is 8.52. The predicted molar refractivity (Wildman–Crippen MR) is 47.1 cm³/mol. The predicted octanol–water partition coefficient (Wildman–Crippen LogP) is 1.11. The number of nitrogens with zero attached hydrogens (tertiary/aromatic N) is 1. The van der Waals surface area contributed by atoms with Crippen LogP contribution in [0.2, 0.25) is 0 Å². The Morgan fingerprint density at radius 1 is 1.58 bits per heavy atom. The number of carbonyl (C=O) groups is 1. The topological polar surface area (TPSA) is 40.3 Å². The summed E-state index contributed by atoms with van der Waals surface area (Å²) in [5.41, 5.74) is 0.459. The zero-order valence-electron chi connectivity index (χ0n) is 7.42. The molecule has 0 aromatic carbocycles. The minimum absolute atomic E-state index is 0.459. The van der Waals surface area contributed by atoms with Gasteiger partial charge >= 0.3 is 5.97 Å². The lowest BCUT2D eigenvalue weighted by Crippen LogP contribution is -1.99. The summed E-state index contributed by atoms with van der Waals surface area (Å²) >= 11 is 0. The molecule has 1 aliphatic rings. The van der Waals surface area contributed by atoms with E-state index in [0.717, 1.165) is 19.4 Å². The van der Waals surface area contributed by atoms with E-state index in [2.05, 4.69) is 4.90 Å². The maximum atomic E-state index is 10.4. The molecule has 3 heteroatoms. The second-order valence-electron chi connectivity index (χ2n) is 3.18. The second kappa shape index (κ2) is 4.26. The average Bonchev–Trinajstić information content (AvgIpc) is 2.80. The quantitative estimate of drug-likeness (QED) is 0.381. The van der Waals surface area contributed by atoms with Crippen molar-refractivity contribution in [1.29, 1.82) is 0 Å². The number of hydrogen-bond acceptors (Lipinski definition) is 2. The first-order valence-corrected chi connectivity index (χ1v) is 4.32. The fourth-order valence-electron chi connectivity index (χ4n) is 1.02. The normalized spacial score (nSPS) is 17.9. The number of carboxylic acids is 1. The van der Waals surface area contributed by atoms with Crippen LogP contribution in [0, 0.1) is 0 Å². The van der Waals surface area contributed by atoms with Gasteiger partial charge in [-0.3, -0.25) is 0 Å². The molecule has 0 spiro atoms. The number of hydrogen-bond donors (Lipinski definition) is 1. The molecule has 1 aliphatic heterocycles. The van der Waals surface area contributed by atoms with Crippen LogP contribution < -0.4 is 0 Å². The molecule has 0 aromatic rings. The van der Waals surface area contributed by atoms with E-state index in [9.17, 15) is 4.79 Å². The van der Waals surface area contributed by atoms with Crippen molar-refractivity contribution in [2.24, 2.45) is 0 Å². The van der Waals surface area contributed by atoms with E-state index >= 15 is 0 Å². The Hall–Kier alpha value is -0.830. The van der Waals surface area contributed by atoms with Gasteiger partial charge in [0.05, 0.1) is 0 Å². The summed E-state index contributed by atoms with van der Waals surface area (Å²) in [6.45, 7) is 5.20. The van der Waals surface area contributed by atoms with Gasteiger partial charge in [-0.2, -0.15) is 0 Å². The Morgan fingerprint density at radius 2 is 2.25 bits per heavy atom. The zero-order valence-corrected chi connectivity index (χ0v) is 7.42. The van der Waals surface area contributed by atoms with E-state index in [1.54, 1.807) is 13.0 Å². The maximum absolute atomic E-state index is 10.4. The van der Waals surface area contributed by atoms with Crippen LogP contribution in [0.5, 0.6) is 0 Å². The number of allylic oxidation sites excluding steroid dienone is 1. The first kappa shape index (κ1) is 9.26. The molecule has 0 saturated carbocycles. The second-order valence-corrected chi connectivity index (χ2v) is 3.18. The largest absolute Gasteiger partial charge is 0.478 e. The minimum atomic E-state index is -0.804. The maximum Gasteiger partial charge on any atom is 0.330 e. The number of aliphatic carboxylic acids is 1.